The van der Waals surface area contributed by atoms with E-state index in [0.29, 0.717) is 0 Å². The van der Waals surface area contributed by atoms with Crippen LogP contribution in [-0.4, -0.2) is 32.8 Å². The van der Waals surface area contributed by atoms with E-state index in [4.69, 9.17) is 0 Å². The minimum absolute atomic E-state index is 0.394. The summed E-state index contributed by atoms with van der Waals surface area (Å²) in [5.41, 5.74) is 0. The first-order valence-electron chi connectivity index (χ1n) is 3.78. The standard InChI is InChI=1S/C4H6O2.C2H5.2CH3.Sn.H/c1-3-4(5)6-2;1-2;;;;/h3H,1H2,2H3;1H2,2H3;2*1H3;;. The molecule has 11 heavy (non-hydrogen) atoms. The van der Waals surface area contributed by atoms with Crippen molar-refractivity contribution in [1.82, 2.24) is 0 Å². The molecule has 0 saturated heterocycles. The van der Waals surface area contributed by atoms with Crippen molar-refractivity contribution in [2.75, 3.05) is 7.11 Å². The van der Waals surface area contributed by atoms with Crippen LogP contribution in [0.1, 0.15) is 6.92 Å². The fourth-order valence-electron chi connectivity index (χ4n) is 0.0833. The van der Waals surface area contributed by atoms with Crippen LogP contribution in [0.25, 0.3) is 0 Å². The van der Waals surface area contributed by atoms with E-state index in [1.807, 2.05) is 0 Å². The molecule has 0 N–H and O–H groups in total. The summed E-state index contributed by atoms with van der Waals surface area (Å²) in [6.07, 6.45) is 1.11. The Hall–Kier alpha value is 0.00870. The maximum absolute atomic E-state index is 9.84. The van der Waals surface area contributed by atoms with Crippen molar-refractivity contribution in [2.45, 2.75) is 21.2 Å². The average molecular weight is 265 g/mol. The van der Waals surface area contributed by atoms with Crippen molar-refractivity contribution in [2.24, 2.45) is 0 Å². The summed E-state index contributed by atoms with van der Waals surface area (Å²) in [7, 11) is 1.31. The van der Waals surface area contributed by atoms with Gasteiger partial charge in [-0.2, -0.15) is 0 Å². The molecule has 0 amide bonds. The van der Waals surface area contributed by atoms with Gasteiger partial charge in [0.15, 0.2) is 0 Å². The first-order chi connectivity index (χ1) is 5.08. The van der Waals surface area contributed by atoms with Crippen molar-refractivity contribution >= 4 is 25.7 Å². The van der Waals surface area contributed by atoms with Crippen molar-refractivity contribution in [1.29, 1.82) is 0 Å². The Balaban J connectivity index is 0. The van der Waals surface area contributed by atoms with Gasteiger partial charge in [-0.05, 0) is 0 Å². The molecule has 0 aliphatic carbocycles. The predicted molar refractivity (Wildman–Crippen MR) is 51.6 cm³/mol. The van der Waals surface area contributed by atoms with Crippen molar-refractivity contribution < 1.29 is 9.53 Å². The average Bonchev–Trinajstić information content (AvgIpc) is 2.04. The van der Waals surface area contributed by atoms with Gasteiger partial charge in [-0.1, -0.05) is 6.58 Å². The number of rotatable bonds is 2. The van der Waals surface area contributed by atoms with Crippen LogP contribution in [-0.2, 0) is 9.53 Å². The second-order valence-corrected chi connectivity index (χ2v) is 12.8. The molecule has 0 aromatic heterocycles. The van der Waals surface area contributed by atoms with E-state index in [1.54, 1.807) is 0 Å². The van der Waals surface area contributed by atoms with Gasteiger partial charge < -0.3 is 4.74 Å². The van der Waals surface area contributed by atoms with Gasteiger partial charge >= 0.3 is 47.0 Å². The molecule has 0 aliphatic heterocycles. The molecule has 0 saturated carbocycles. The van der Waals surface area contributed by atoms with E-state index in [0.717, 1.165) is 6.08 Å². The van der Waals surface area contributed by atoms with Gasteiger partial charge in [-0.15, -0.1) is 0 Å². The fraction of sp³-hybridized carbons (Fsp3) is 0.625. The van der Waals surface area contributed by atoms with Crippen LogP contribution in [0.3, 0.4) is 0 Å². The molecular formula is C8H18O2Sn. The zero-order valence-corrected chi connectivity index (χ0v) is 11.2. The molecular weight excluding hydrogens is 247 g/mol. The van der Waals surface area contributed by atoms with Gasteiger partial charge in [-0.3, -0.25) is 0 Å². The molecule has 0 radical (unpaired) electrons. The predicted octanol–water partition coefficient (Wildman–Crippen LogP) is 1.84. The molecule has 0 aromatic rings. The van der Waals surface area contributed by atoms with Gasteiger partial charge in [0.25, 0.3) is 0 Å². The summed E-state index contributed by atoms with van der Waals surface area (Å²) in [6, 6.07) is 0. The Morgan fingerprint density at radius 1 is 1.64 bits per heavy atom. The van der Waals surface area contributed by atoms with E-state index in [2.05, 4.69) is 28.1 Å². The van der Waals surface area contributed by atoms with Gasteiger partial charge in [0, 0.05) is 6.08 Å². The molecule has 0 aromatic carbocycles. The van der Waals surface area contributed by atoms with Crippen LogP contribution in [0, 0.1) is 0 Å². The van der Waals surface area contributed by atoms with E-state index >= 15 is 0 Å². The molecule has 0 aliphatic rings. The molecule has 0 unspecified atom stereocenters. The Kier molecular flexibility index (Phi) is 12.4. The Labute approximate surface area is 76.4 Å². The number of esters is 1. The minimum atomic E-state index is -0.679. The van der Waals surface area contributed by atoms with Gasteiger partial charge in [0.1, 0.15) is 0 Å². The number of carbonyl (C=O) groups excluding carboxylic acids is 1. The summed E-state index contributed by atoms with van der Waals surface area (Å²) >= 11 is -0.679. The Morgan fingerprint density at radius 3 is 2.00 bits per heavy atom. The van der Waals surface area contributed by atoms with Crippen LogP contribution >= 0.6 is 0 Å². The van der Waals surface area contributed by atoms with Crippen molar-refractivity contribution in [3.63, 3.8) is 0 Å². The molecule has 0 heterocycles. The van der Waals surface area contributed by atoms with E-state index in [1.165, 1.54) is 11.5 Å². The molecule has 0 spiro atoms. The Bertz CT molecular complexity index is 111. The van der Waals surface area contributed by atoms with Gasteiger partial charge in [0.05, 0.1) is 7.11 Å². The topological polar surface area (TPSA) is 26.3 Å². The summed E-state index contributed by atoms with van der Waals surface area (Å²) in [5.74, 6) is -0.394. The summed E-state index contributed by atoms with van der Waals surface area (Å²) in [6.45, 7) is 5.45. The van der Waals surface area contributed by atoms with Gasteiger partial charge in [-0.25, -0.2) is 4.79 Å². The van der Waals surface area contributed by atoms with Gasteiger partial charge in [0.2, 0.25) is 0 Å². The third-order valence-electron chi connectivity index (χ3n) is 1.18. The molecule has 0 bridgehead atoms. The van der Waals surface area contributed by atoms with Crippen molar-refractivity contribution in [3.8, 4) is 0 Å². The second kappa shape index (κ2) is 10.0. The van der Waals surface area contributed by atoms with E-state index in [-0.39, 0.29) is 0 Å². The van der Waals surface area contributed by atoms with Crippen LogP contribution in [0.4, 0.5) is 0 Å². The van der Waals surface area contributed by atoms with Crippen LogP contribution in [0.5, 0.6) is 0 Å². The third-order valence-corrected chi connectivity index (χ3v) is 5.85. The number of ether oxygens (including phenoxy) is 1. The number of carbonyl (C=O) groups is 1. The summed E-state index contributed by atoms with van der Waals surface area (Å²) in [5, 5.41) is 0. The molecule has 0 atom stereocenters. The van der Waals surface area contributed by atoms with Crippen LogP contribution in [0.15, 0.2) is 12.7 Å². The maximum atomic E-state index is 9.84. The van der Waals surface area contributed by atoms with E-state index < -0.39 is 25.7 Å². The van der Waals surface area contributed by atoms with Crippen LogP contribution in [0.2, 0.25) is 14.3 Å². The quantitative estimate of drug-likeness (QED) is 0.432. The fourth-order valence-corrected chi connectivity index (χ4v) is 0.0833. The number of methoxy groups -OCH3 is 1. The molecule has 2 nitrogen and oxygen atoms in total. The molecule has 0 fully saturated rings. The Morgan fingerprint density at radius 2 is 2.00 bits per heavy atom. The molecule has 3 heteroatoms. The van der Waals surface area contributed by atoms with E-state index in [9.17, 15) is 4.79 Å². The number of hydrogen-bond donors (Lipinski definition) is 0. The first kappa shape index (κ1) is 13.6. The summed E-state index contributed by atoms with van der Waals surface area (Å²) in [4.78, 5) is 14.7. The monoisotopic (exact) mass is 266 g/mol. The van der Waals surface area contributed by atoms with Crippen molar-refractivity contribution in [3.05, 3.63) is 12.7 Å². The third kappa shape index (κ3) is 17.8. The zero-order valence-electron chi connectivity index (χ0n) is 7.89. The normalized spacial score (nSPS) is 8.09. The molecule has 0 rings (SSSR count). The zero-order chi connectivity index (χ0) is 9.28. The first-order valence-corrected chi connectivity index (χ1v) is 12.7. The van der Waals surface area contributed by atoms with Crippen LogP contribution < -0.4 is 0 Å². The number of hydrogen-bond acceptors (Lipinski definition) is 2. The second-order valence-electron chi connectivity index (χ2n) is 2.53. The SMILES string of the molecule is C=CC(=O)OC.C[CH2][SnH]([CH3])[CH3]. The summed E-state index contributed by atoms with van der Waals surface area (Å²) < 4.78 is 5.66. The molecule has 66 valence electrons.